The fourth-order valence-electron chi connectivity index (χ4n) is 1.21. The monoisotopic (exact) mass is 296 g/mol. The molecule has 1 aliphatic heterocycles. The van der Waals surface area contributed by atoms with Crippen molar-refractivity contribution in [3.63, 3.8) is 0 Å². The van der Waals surface area contributed by atoms with Gasteiger partial charge in [0.05, 0.1) is 0 Å². The molecule has 0 aliphatic carbocycles. The van der Waals surface area contributed by atoms with Crippen molar-refractivity contribution in [2.45, 2.75) is 26.3 Å². The van der Waals surface area contributed by atoms with Crippen LogP contribution in [-0.2, 0) is 25.5 Å². The van der Waals surface area contributed by atoms with E-state index in [1.54, 1.807) is 0 Å². The van der Waals surface area contributed by atoms with Crippen molar-refractivity contribution >= 4 is 11.9 Å². The highest BCUT2D eigenvalue weighted by molar-refractivity contribution is 5.88. The van der Waals surface area contributed by atoms with Crippen LogP contribution in [0.25, 0.3) is 0 Å². The standard InChI is InChI=1S/C8H11N.C4H4O4.C3H9N/c9-7-6-8-4-2-1-3-5-8;5-3-1-7-2-4(6)8-3;1-3(2)4/h1-5H,6-7,9H2;1-2H2;3H,4H2,1-2H3. The van der Waals surface area contributed by atoms with Gasteiger partial charge in [0.15, 0.2) is 0 Å². The summed E-state index contributed by atoms with van der Waals surface area (Å²) in [6, 6.07) is 10.6. The van der Waals surface area contributed by atoms with E-state index in [2.05, 4.69) is 21.6 Å². The summed E-state index contributed by atoms with van der Waals surface area (Å²) in [5.41, 5.74) is 11.8. The van der Waals surface area contributed by atoms with Gasteiger partial charge in [-0.3, -0.25) is 0 Å². The Balaban J connectivity index is 0.000000308. The number of benzene rings is 1. The molecule has 1 aromatic carbocycles. The molecule has 4 N–H and O–H groups in total. The number of hydrogen-bond donors (Lipinski definition) is 2. The quantitative estimate of drug-likeness (QED) is 0.612. The van der Waals surface area contributed by atoms with E-state index in [1.165, 1.54) is 5.56 Å². The first-order valence-corrected chi connectivity index (χ1v) is 6.76. The van der Waals surface area contributed by atoms with Crippen LogP contribution in [0.1, 0.15) is 19.4 Å². The molecule has 0 radical (unpaired) electrons. The first kappa shape index (κ1) is 19.2. The lowest BCUT2D eigenvalue weighted by atomic mass is 10.2. The molecular formula is C15H24N2O4. The predicted octanol–water partition coefficient (Wildman–Crippen LogP) is 0.628. The summed E-state index contributed by atoms with van der Waals surface area (Å²) in [5, 5.41) is 0. The molecule has 2 rings (SSSR count). The van der Waals surface area contributed by atoms with Gasteiger partial charge in [-0.2, -0.15) is 0 Å². The van der Waals surface area contributed by atoms with Crippen molar-refractivity contribution in [2.24, 2.45) is 11.5 Å². The van der Waals surface area contributed by atoms with Gasteiger partial charge >= 0.3 is 11.9 Å². The fraction of sp³-hybridized carbons (Fsp3) is 0.467. The largest absolute Gasteiger partial charge is 0.390 e. The third kappa shape index (κ3) is 13.0. The first-order valence-electron chi connectivity index (χ1n) is 6.76. The molecule has 0 aromatic heterocycles. The average Bonchev–Trinajstić information content (AvgIpc) is 2.40. The summed E-state index contributed by atoms with van der Waals surface area (Å²) in [6.45, 7) is 4.42. The fourth-order valence-corrected chi connectivity index (χ4v) is 1.21. The van der Waals surface area contributed by atoms with Gasteiger partial charge in [0, 0.05) is 0 Å². The normalized spacial score (nSPS) is 13.6. The smallest absolute Gasteiger partial charge is 0.339 e. The molecule has 1 aliphatic rings. The lowest BCUT2D eigenvalue weighted by Crippen LogP contribution is -2.28. The number of rotatable bonds is 2. The maximum Gasteiger partial charge on any atom is 0.339 e. The van der Waals surface area contributed by atoms with Gasteiger partial charge in [0.2, 0.25) is 0 Å². The van der Waals surface area contributed by atoms with Crippen molar-refractivity contribution in [3.05, 3.63) is 35.9 Å². The molecule has 0 atom stereocenters. The molecule has 1 fully saturated rings. The van der Waals surface area contributed by atoms with Gasteiger partial charge < -0.3 is 20.9 Å². The van der Waals surface area contributed by atoms with E-state index in [1.807, 2.05) is 32.0 Å². The number of esters is 2. The van der Waals surface area contributed by atoms with Crippen molar-refractivity contribution in [3.8, 4) is 0 Å². The number of carbonyl (C=O) groups excluding carboxylic acids is 2. The van der Waals surface area contributed by atoms with Crippen molar-refractivity contribution in [2.75, 3.05) is 19.8 Å². The van der Waals surface area contributed by atoms with Crippen LogP contribution in [0.5, 0.6) is 0 Å². The maximum absolute atomic E-state index is 10.1. The van der Waals surface area contributed by atoms with Gasteiger partial charge in [-0.15, -0.1) is 0 Å². The van der Waals surface area contributed by atoms with E-state index >= 15 is 0 Å². The second-order valence-corrected chi connectivity index (χ2v) is 4.61. The predicted molar refractivity (Wildman–Crippen MR) is 80.4 cm³/mol. The lowest BCUT2D eigenvalue weighted by molar-refractivity contribution is -0.174. The Morgan fingerprint density at radius 1 is 1.10 bits per heavy atom. The molecular weight excluding hydrogens is 272 g/mol. The summed E-state index contributed by atoms with van der Waals surface area (Å²) in [4.78, 5) is 20.2. The lowest BCUT2D eigenvalue weighted by Gasteiger charge is -2.07. The van der Waals surface area contributed by atoms with E-state index in [4.69, 9.17) is 11.5 Å². The van der Waals surface area contributed by atoms with Crippen LogP contribution in [0.3, 0.4) is 0 Å². The summed E-state index contributed by atoms with van der Waals surface area (Å²) in [7, 11) is 0. The van der Waals surface area contributed by atoms with Gasteiger partial charge in [-0.05, 0) is 24.6 Å². The SMILES string of the molecule is CC(C)N.NCCc1ccccc1.O=C1COCC(=O)O1. The summed E-state index contributed by atoms with van der Waals surface area (Å²) in [5.74, 6) is -1.22. The minimum absolute atomic E-state index is 0.105. The second kappa shape index (κ2) is 12.0. The molecule has 0 unspecified atom stereocenters. The topological polar surface area (TPSA) is 105 Å². The zero-order valence-electron chi connectivity index (χ0n) is 12.6. The van der Waals surface area contributed by atoms with Crippen LogP contribution in [0, 0.1) is 0 Å². The Morgan fingerprint density at radius 2 is 1.57 bits per heavy atom. The molecule has 21 heavy (non-hydrogen) atoms. The van der Waals surface area contributed by atoms with E-state index in [0.717, 1.165) is 13.0 Å². The minimum atomic E-state index is -0.610. The van der Waals surface area contributed by atoms with Crippen LogP contribution in [-0.4, -0.2) is 37.7 Å². The third-order valence-electron chi connectivity index (χ3n) is 1.94. The summed E-state index contributed by atoms with van der Waals surface area (Å²) < 4.78 is 8.55. The molecule has 0 amide bonds. The summed E-state index contributed by atoms with van der Waals surface area (Å²) >= 11 is 0. The maximum atomic E-state index is 10.1. The highest BCUT2D eigenvalue weighted by Crippen LogP contribution is 1.96. The van der Waals surface area contributed by atoms with E-state index in [-0.39, 0.29) is 13.2 Å². The molecule has 118 valence electrons. The van der Waals surface area contributed by atoms with Crippen LogP contribution in [0.15, 0.2) is 30.3 Å². The highest BCUT2D eigenvalue weighted by atomic mass is 16.6. The average molecular weight is 296 g/mol. The highest BCUT2D eigenvalue weighted by Gasteiger charge is 2.16. The zero-order chi connectivity index (χ0) is 16.1. The minimum Gasteiger partial charge on any atom is -0.390 e. The van der Waals surface area contributed by atoms with Crippen molar-refractivity contribution in [1.82, 2.24) is 0 Å². The van der Waals surface area contributed by atoms with Crippen LogP contribution >= 0.6 is 0 Å². The number of ether oxygens (including phenoxy) is 2. The van der Waals surface area contributed by atoms with Gasteiger partial charge in [-0.25, -0.2) is 9.59 Å². The summed E-state index contributed by atoms with van der Waals surface area (Å²) in [6.07, 6.45) is 0.987. The third-order valence-corrected chi connectivity index (χ3v) is 1.94. The second-order valence-electron chi connectivity index (χ2n) is 4.61. The molecule has 6 heteroatoms. The molecule has 6 nitrogen and oxygen atoms in total. The molecule has 1 heterocycles. The van der Waals surface area contributed by atoms with E-state index < -0.39 is 11.9 Å². The molecule has 0 saturated carbocycles. The van der Waals surface area contributed by atoms with Gasteiger partial charge in [0.1, 0.15) is 13.2 Å². The van der Waals surface area contributed by atoms with Crippen LogP contribution in [0.2, 0.25) is 0 Å². The van der Waals surface area contributed by atoms with Crippen molar-refractivity contribution < 1.29 is 19.1 Å². The van der Waals surface area contributed by atoms with Crippen molar-refractivity contribution in [1.29, 1.82) is 0 Å². The van der Waals surface area contributed by atoms with Gasteiger partial charge in [0.25, 0.3) is 0 Å². The molecule has 0 bridgehead atoms. The first-order chi connectivity index (χ1) is 9.95. The van der Waals surface area contributed by atoms with E-state index in [0.29, 0.717) is 6.04 Å². The molecule has 1 saturated heterocycles. The van der Waals surface area contributed by atoms with E-state index in [9.17, 15) is 9.59 Å². The molecule has 1 aromatic rings. The molecule has 0 spiro atoms. The number of nitrogens with two attached hydrogens (primary N) is 2. The number of hydrogen-bond acceptors (Lipinski definition) is 6. The van der Waals surface area contributed by atoms with Crippen LogP contribution < -0.4 is 11.5 Å². The number of cyclic esters (lactones) is 2. The van der Waals surface area contributed by atoms with Crippen LogP contribution in [0.4, 0.5) is 0 Å². The number of carbonyl (C=O) groups is 2. The Labute approximate surface area is 125 Å². The zero-order valence-corrected chi connectivity index (χ0v) is 12.6. The Kier molecular flexibility index (Phi) is 11.0. The Bertz CT molecular complexity index is 391. The van der Waals surface area contributed by atoms with Gasteiger partial charge in [-0.1, -0.05) is 44.2 Å². The Morgan fingerprint density at radius 3 is 1.90 bits per heavy atom. The Hall–Kier alpha value is -1.76.